The molecule has 0 aromatic heterocycles. The molecular weight excluding hydrogens is 212 g/mol. The molecule has 17 heavy (non-hydrogen) atoms. The SMILES string of the molecule is CCC[C@@H](C)C[C@H](C)CC1C=C(C)C(=O)OC1. The summed E-state index contributed by atoms with van der Waals surface area (Å²) < 4.78 is 5.15. The maximum Gasteiger partial charge on any atom is 0.333 e. The largest absolute Gasteiger partial charge is 0.462 e. The summed E-state index contributed by atoms with van der Waals surface area (Å²) in [5.74, 6) is 1.80. The van der Waals surface area contributed by atoms with Gasteiger partial charge in [-0.25, -0.2) is 4.79 Å². The number of rotatable bonds is 6. The third kappa shape index (κ3) is 4.93. The van der Waals surface area contributed by atoms with Crippen molar-refractivity contribution in [3.05, 3.63) is 11.6 Å². The number of ether oxygens (including phenoxy) is 1. The van der Waals surface area contributed by atoms with Gasteiger partial charge in [0.1, 0.15) is 0 Å². The van der Waals surface area contributed by atoms with Gasteiger partial charge in [-0.15, -0.1) is 0 Å². The zero-order chi connectivity index (χ0) is 12.8. The molecule has 2 nitrogen and oxygen atoms in total. The average Bonchev–Trinajstić information content (AvgIpc) is 2.23. The van der Waals surface area contributed by atoms with Gasteiger partial charge in [0.2, 0.25) is 0 Å². The van der Waals surface area contributed by atoms with Crippen LogP contribution in [0.5, 0.6) is 0 Å². The molecule has 0 N–H and O–H groups in total. The van der Waals surface area contributed by atoms with Gasteiger partial charge in [-0.3, -0.25) is 0 Å². The molecule has 0 radical (unpaired) electrons. The Bertz CT molecular complexity index is 281. The molecule has 1 unspecified atom stereocenters. The van der Waals surface area contributed by atoms with Crippen molar-refractivity contribution >= 4 is 5.97 Å². The lowest BCUT2D eigenvalue weighted by molar-refractivity contribution is -0.141. The first-order valence-corrected chi connectivity index (χ1v) is 6.88. The monoisotopic (exact) mass is 238 g/mol. The van der Waals surface area contributed by atoms with Gasteiger partial charge in [-0.1, -0.05) is 39.7 Å². The summed E-state index contributed by atoms with van der Waals surface area (Å²) in [6.45, 7) is 9.31. The molecule has 98 valence electrons. The molecule has 0 saturated carbocycles. The number of cyclic esters (lactones) is 1. The van der Waals surface area contributed by atoms with Crippen molar-refractivity contribution in [2.75, 3.05) is 6.61 Å². The molecule has 2 heteroatoms. The fourth-order valence-corrected chi connectivity index (χ4v) is 2.81. The van der Waals surface area contributed by atoms with Crippen LogP contribution in [0.1, 0.15) is 53.4 Å². The quantitative estimate of drug-likeness (QED) is 0.655. The van der Waals surface area contributed by atoms with Crippen LogP contribution in [0.2, 0.25) is 0 Å². The van der Waals surface area contributed by atoms with Crippen molar-refractivity contribution in [1.29, 1.82) is 0 Å². The predicted molar refractivity (Wildman–Crippen MR) is 70.7 cm³/mol. The summed E-state index contributed by atoms with van der Waals surface area (Å²) >= 11 is 0. The van der Waals surface area contributed by atoms with Crippen LogP contribution >= 0.6 is 0 Å². The fourth-order valence-electron chi connectivity index (χ4n) is 2.81. The summed E-state index contributed by atoms with van der Waals surface area (Å²) in [5.41, 5.74) is 0.773. The van der Waals surface area contributed by atoms with E-state index >= 15 is 0 Å². The molecule has 0 saturated heterocycles. The Morgan fingerprint density at radius 2 is 2.12 bits per heavy atom. The number of hydrogen-bond donors (Lipinski definition) is 0. The zero-order valence-corrected chi connectivity index (χ0v) is 11.7. The fraction of sp³-hybridized carbons (Fsp3) is 0.800. The van der Waals surface area contributed by atoms with Gasteiger partial charge in [-0.05, 0) is 31.6 Å². The molecule has 1 aliphatic heterocycles. The molecule has 1 rings (SSSR count). The maximum absolute atomic E-state index is 11.2. The van der Waals surface area contributed by atoms with E-state index in [1.165, 1.54) is 19.3 Å². The van der Waals surface area contributed by atoms with Crippen molar-refractivity contribution in [2.45, 2.75) is 53.4 Å². The van der Waals surface area contributed by atoms with Crippen molar-refractivity contribution in [3.8, 4) is 0 Å². The van der Waals surface area contributed by atoms with E-state index in [0.717, 1.165) is 17.9 Å². The number of carbonyl (C=O) groups excluding carboxylic acids is 1. The van der Waals surface area contributed by atoms with Gasteiger partial charge in [0.25, 0.3) is 0 Å². The Morgan fingerprint density at radius 1 is 1.41 bits per heavy atom. The summed E-state index contributed by atoms with van der Waals surface area (Å²) in [7, 11) is 0. The zero-order valence-electron chi connectivity index (χ0n) is 11.7. The summed E-state index contributed by atoms with van der Waals surface area (Å²) in [5, 5.41) is 0. The van der Waals surface area contributed by atoms with Gasteiger partial charge < -0.3 is 4.74 Å². The van der Waals surface area contributed by atoms with Crippen LogP contribution in [0, 0.1) is 17.8 Å². The van der Waals surface area contributed by atoms with Crippen LogP contribution < -0.4 is 0 Å². The van der Waals surface area contributed by atoms with Crippen LogP contribution in [-0.4, -0.2) is 12.6 Å². The summed E-state index contributed by atoms with van der Waals surface area (Å²) in [4.78, 5) is 11.2. The second-order valence-electron chi connectivity index (χ2n) is 5.68. The highest BCUT2D eigenvalue weighted by Gasteiger charge is 2.21. The van der Waals surface area contributed by atoms with Crippen molar-refractivity contribution in [1.82, 2.24) is 0 Å². The van der Waals surface area contributed by atoms with E-state index in [1.807, 2.05) is 6.92 Å². The van der Waals surface area contributed by atoms with Crippen LogP contribution in [0.4, 0.5) is 0 Å². The third-order valence-electron chi connectivity index (χ3n) is 3.53. The lowest BCUT2D eigenvalue weighted by Crippen LogP contribution is -2.22. The normalized spacial score (nSPS) is 23.9. The second kappa shape index (κ2) is 6.83. The molecule has 0 bridgehead atoms. The van der Waals surface area contributed by atoms with E-state index in [0.29, 0.717) is 18.4 Å². The van der Waals surface area contributed by atoms with Crippen LogP contribution in [0.25, 0.3) is 0 Å². The lowest BCUT2D eigenvalue weighted by Gasteiger charge is -2.24. The van der Waals surface area contributed by atoms with Gasteiger partial charge in [0, 0.05) is 11.5 Å². The summed E-state index contributed by atoms with van der Waals surface area (Å²) in [6.07, 6.45) is 7.10. The second-order valence-corrected chi connectivity index (χ2v) is 5.68. The summed E-state index contributed by atoms with van der Waals surface area (Å²) in [6, 6.07) is 0. The van der Waals surface area contributed by atoms with Gasteiger partial charge in [0.05, 0.1) is 6.61 Å². The smallest absolute Gasteiger partial charge is 0.333 e. The molecule has 0 aliphatic carbocycles. The Balaban J connectivity index is 2.36. The standard InChI is InChI=1S/C15H26O2/c1-5-6-11(2)7-12(3)8-14-9-13(4)15(16)17-10-14/h9,11-12,14H,5-8,10H2,1-4H3/t11-,12+,14?/m1/s1. The molecule has 0 amide bonds. The van der Waals surface area contributed by atoms with Crippen molar-refractivity contribution in [3.63, 3.8) is 0 Å². The number of hydrogen-bond acceptors (Lipinski definition) is 2. The molecule has 3 atom stereocenters. The average molecular weight is 238 g/mol. The van der Waals surface area contributed by atoms with Gasteiger partial charge in [0.15, 0.2) is 0 Å². The highest BCUT2D eigenvalue weighted by Crippen LogP contribution is 2.25. The molecular formula is C15H26O2. The topological polar surface area (TPSA) is 26.3 Å². The molecule has 0 aromatic carbocycles. The maximum atomic E-state index is 11.2. The number of esters is 1. The molecule has 0 spiro atoms. The Kier molecular flexibility index (Phi) is 5.73. The number of carbonyl (C=O) groups is 1. The third-order valence-corrected chi connectivity index (χ3v) is 3.53. The highest BCUT2D eigenvalue weighted by atomic mass is 16.5. The predicted octanol–water partition coefficient (Wildman–Crippen LogP) is 3.96. The van der Waals surface area contributed by atoms with E-state index in [1.54, 1.807) is 0 Å². The van der Waals surface area contributed by atoms with E-state index in [9.17, 15) is 4.79 Å². The minimum atomic E-state index is -0.145. The van der Waals surface area contributed by atoms with Crippen LogP contribution in [-0.2, 0) is 9.53 Å². The van der Waals surface area contributed by atoms with E-state index < -0.39 is 0 Å². The van der Waals surface area contributed by atoms with Crippen LogP contribution in [0.3, 0.4) is 0 Å². The van der Waals surface area contributed by atoms with Crippen molar-refractivity contribution < 1.29 is 9.53 Å². The van der Waals surface area contributed by atoms with E-state index in [4.69, 9.17) is 4.74 Å². The van der Waals surface area contributed by atoms with Crippen LogP contribution in [0.15, 0.2) is 11.6 Å². The first-order chi connectivity index (χ1) is 8.02. The molecule has 1 aliphatic rings. The van der Waals surface area contributed by atoms with E-state index in [-0.39, 0.29) is 5.97 Å². The first kappa shape index (κ1) is 14.3. The Hall–Kier alpha value is -0.790. The minimum absolute atomic E-state index is 0.145. The molecule has 0 fully saturated rings. The Labute approximate surface area is 105 Å². The minimum Gasteiger partial charge on any atom is -0.462 e. The van der Waals surface area contributed by atoms with E-state index in [2.05, 4.69) is 26.8 Å². The Morgan fingerprint density at radius 3 is 2.71 bits per heavy atom. The lowest BCUT2D eigenvalue weighted by atomic mass is 9.86. The van der Waals surface area contributed by atoms with Gasteiger partial charge in [-0.2, -0.15) is 0 Å². The van der Waals surface area contributed by atoms with Crippen molar-refractivity contribution in [2.24, 2.45) is 17.8 Å². The molecule has 1 heterocycles. The first-order valence-electron chi connectivity index (χ1n) is 6.88. The highest BCUT2D eigenvalue weighted by molar-refractivity contribution is 5.88. The van der Waals surface area contributed by atoms with Gasteiger partial charge >= 0.3 is 5.97 Å². The molecule has 0 aromatic rings.